The highest BCUT2D eigenvalue weighted by Gasteiger charge is 2.31. The molecule has 1 heterocycles. The summed E-state index contributed by atoms with van der Waals surface area (Å²) in [6.07, 6.45) is -4.48. The average molecular weight is 354 g/mol. The lowest BCUT2D eigenvalue weighted by Crippen LogP contribution is -2.42. The summed E-state index contributed by atoms with van der Waals surface area (Å²) >= 11 is 3.39. The number of rotatable bonds is 4. The van der Waals surface area contributed by atoms with Crippen LogP contribution < -0.4 is 4.74 Å². The van der Waals surface area contributed by atoms with Gasteiger partial charge in [0, 0.05) is 25.0 Å². The Morgan fingerprint density at radius 1 is 1.30 bits per heavy atom. The van der Waals surface area contributed by atoms with Gasteiger partial charge in [0.1, 0.15) is 5.75 Å². The third-order valence-corrected chi connectivity index (χ3v) is 3.68. The summed E-state index contributed by atoms with van der Waals surface area (Å²) in [5.74, 6) is -0.193. The van der Waals surface area contributed by atoms with E-state index in [9.17, 15) is 13.2 Å². The molecule has 0 aliphatic carbocycles. The van der Waals surface area contributed by atoms with Crippen LogP contribution >= 0.6 is 15.9 Å². The van der Waals surface area contributed by atoms with Crippen LogP contribution in [0.3, 0.4) is 0 Å². The lowest BCUT2D eigenvalue weighted by atomic mass is 10.2. The van der Waals surface area contributed by atoms with Crippen LogP contribution in [0.2, 0.25) is 0 Å². The summed E-state index contributed by atoms with van der Waals surface area (Å²) in [5.41, 5.74) is 0.953. The smallest absolute Gasteiger partial charge is 0.406 e. The van der Waals surface area contributed by atoms with Gasteiger partial charge < -0.3 is 9.47 Å². The van der Waals surface area contributed by atoms with Crippen molar-refractivity contribution in [3.63, 3.8) is 0 Å². The second-order valence-electron chi connectivity index (χ2n) is 4.57. The molecule has 2 rings (SSSR count). The summed E-state index contributed by atoms with van der Waals surface area (Å²) in [4.78, 5) is 2.22. The molecule has 112 valence electrons. The van der Waals surface area contributed by atoms with Gasteiger partial charge in [-0.05, 0) is 17.7 Å². The monoisotopic (exact) mass is 353 g/mol. The normalized spacial score (nSPS) is 20.9. The van der Waals surface area contributed by atoms with Crippen LogP contribution in [-0.2, 0) is 11.3 Å². The zero-order valence-corrected chi connectivity index (χ0v) is 12.3. The van der Waals surface area contributed by atoms with Gasteiger partial charge in [0.05, 0.1) is 12.7 Å². The molecule has 0 radical (unpaired) electrons. The Hall–Kier alpha value is -0.790. The van der Waals surface area contributed by atoms with E-state index >= 15 is 0 Å². The first-order valence-corrected chi connectivity index (χ1v) is 7.33. The van der Waals surface area contributed by atoms with E-state index in [1.165, 1.54) is 12.1 Å². The molecule has 1 unspecified atom stereocenters. The van der Waals surface area contributed by atoms with Gasteiger partial charge >= 0.3 is 6.36 Å². The number of alkyl halides is 4. The molecule has 1 aromatic carbocycles. The first-order valence-electron chi connectivity index (χ1n) is 6.21. The lowest BCUT2D eigenvalue weighted by Gasteiger charge is -2.32. The molecular weight excluding hydrogens is 339 g/mol. The van der Waals surface area contributed by atoms with Crippen LogP contribution in [-0.4, -0.2) is 42.4 Å². The van der Waals surface area contributed by atoms with E-state index in [2.05, 4.69) is 25.6 Å². The Balaban J connectivity index is 1.90. The fourth-order valence-corrected chi connectivity index (χ4v) is 2.46. The van der Waals surface area contributed by atoms with Crippen molar-refractivity contribution in [1.29, 1.82) is 0 Å². The second-order valence-corrected chi connectivity index (χ2v) is 5.22. The van der Waals surface area contributed by atoms with E-state index in [1.54, 1.807) is 12.1 Å². The predicted octanol–water partition coefficient (Wildman–Crippen LogP) is 3.18. The number of hydrogen-bond donors (Lipinski definition) is 0. The third kappa shape index (κ3) is 4.96. The minimum Gasteiger partial charge on any atom is -0.406 e. The molecule has 1 atom stereocenters. The largest absolute Gasteiger partial charge is 0.573 e. The van der Waals surface area contributed by atoms with Crippen molar-refractivity contribution in [3.05, 3.63) is 29.8 Å². The van der Waals surface area contributed by atoms with Gasteiger partial charge in [-0.3, -0.25) is 4.90 Å². The van der Waals surface area contributed by atoms with Gasteiger partial charge in [0.25, 0.3) is 0 Å². The van der Waals surface area contributed by atoms with Crippen LogP contribution in [0.15, 0.2) is 24.3 Å². The molecule has 7 heteroatoms. The minimum absolute atomic E-state index is 0.164. The molecule has 0 aromatic heterocycles. The molecule has 0 saturated carbocycles. The summed E-state index contributed by atoms with van der Waals surface area (Å²) in [7, 11) is 0. The van der Waals surface area contributed by atoms with E-state index < -0.39 is 6.36 Å². The maximum atomic E-state index is 12.0. The van der Waals surface area contributed by atoms with E-state index in [4.69, 9.17) is 4.74 Å². The fourth-order valence-electron chi connectivity index (χ4n) is 2.07. The van der Waals surface area contributed by atoms with Crippen molar-refractivity contribution >= 4 is 15.9 Å². The van der Waals surface area contributed by atoms with Gasteiger partial charge in [0.15, 0.2) is 0 Å². The number of nitrogens with zero attached hydrogens (tertiary/aromatic N) is 1. The zero-order chi connectivity index (χ0) is 14.6. The molecule has 1 saturated heterocycles. The molecule has 0 N–H and O–H groups in total. The van der Waals surface area contributed by atoms with Crippen molar-refractivity contribution in [2.75, 3.05) is 25.0 Å². The van der Waals surface area contributed by atoms with Gasteiger partial charge in [-0.15, -0.1) is 13.2 Å². The topological polar surface area (TPSA) is 21.7 Å². The molecule has 3 nitrogen and oxygen atoms in total. The van der Waals surface area contributed by atoms with E-state index in [0.29, 0.717) is 13.2 Å². The maximum absolute atomic E-state index is 12.0. The minimum atomic E-state index is -4.64. The van der Waals surface area contributed by atoms with Gasteiger partial charge in [-0.25, -0.2) is 0 Å². The summed E-state index contributed by atoms with van der Waals surface area (Å²) < 4.78 is 45.5. The molecule has 0 bridgehead atoms. The van der Waals surface area contributed by atoms with Gasteiger partial charge in [0.2, 0.25) is 0 Å². The van der Waals surface area contributed by atoms with Crippen molar-refractivity contribution in [2.45, 2.75) is 19.0 Å². The third-order valence-electron chi connectivity index (χ3n) is 2.96. The summed E-state index contributed by atoms with van der Waals surface area (Å²) in [6, 6.07) is 5.98. The van der Waals surface area contributed by atoms with Crippen molar-refractivity contribution in [1.82, 2.24) is 4.90 Å². The average Bonchev–Trinajstić information content (AvgIpc) is 2.40. The zero-order valence-electron chi connectivity index (χ0n) is 10.7. The molecular formula is C13H15BrF3NO2. The fraction of sp³-hybridized carbons (Fsp3) is 0.538. The number of morpholine rings is 1. The van der Waals surface area contributed by atoms with Crippen LogP contribution in [0.5, 0.6) is 5.75 Å². The van der Waals surface area contributed by atoms with Crippen molar-refractivity contribution in [3.8, 4) is 5.75 Å². The highest BCUT2D eigenvalue weighted by Crippen LogP contribution is 2.23. The summed E-state index contributed by atoms with van der Waals surface area (Å²) in [6.45, 7) is 3.00. The molecule has 1 fully saturated rings. The highest BCUT2D eigenvalue weighted by molar-refractivity contribution is 9.09. The molecule has 1 aliphatic heterocycles. The molecule has 0 spiro atoms. The van der Waals surface area contributed by atoms with Crippen LogP contribution in [0, 0.1) is 0 Å². The van der Waals surface area contributed by atoms with Gasteiger partial charge in [-0.1, -0.05) is 28.1 Å². The molecule has 20 heavy (non-hydrogen) atoms. The number of hydrogen-bond acceptors (Lipinski definition) is 3. The second kappa shape index (κ2) is 6.78. The van der Waals surface area contributed by atoms with Gasteiger partial charge in [-0.2, -0.15) is 0 Å². The number of halogens is 4. The lowest BCUT2D eigenvalue weighted by molar-refractivity contribution is -0.274. The van der Waals surface area contributed by atoms with Crippen molar-refractivity contribution in [2.24, 2.45) is 0 Å². The number of ether oxygens (including phenoxy) is 2. The van der Waals surface area contributed by atoms with E-state index in [1.807, 2.05) is 0 Å². The van der Waals surface area contributed by atoms with E-state index in [-0.39, 0.29) is 11.9 Å². The first-order chi connectivity index (χ1) is 9.46. The van der Waals surface area contributed by atoms with Crippen LogP contribution in [0.25, 0.3) is 0 Å². The molecule has 0 amide bonds. The first kappa shape index (κ1) is 15.6. The SMILES string of the molecule is FC(F)(F)Oc1ccc(CN2CCOC(CBr)C2)cc1. The van der Waals surface area contributed by atoms with E-state index in [0.717, 1.165) is 24.0 Å². The Morgan fingerprint density at radius 2 is 2.00 bits per heavy atom. The number of benzene rings is 1. The highest BCUT2D eigenvalue weighted by atomic mass is 79.9. The Bertz CT molecular complexity index is 425. The standard InChI is InChI=1S/C13H15BrF3NO2/c14-7-12-9-18(5-6-19-12)8-10-1-3-11(4-2-10)20-13(15,16)17/h1-4,12H,5-9H2. The Labute approximate surface area is 123 Å². The quantitative estimate of drug-likeness (QED) is 0.776. The Morgan fingerprint density at radius 3 is 2.60 bits per heavy atom. The van der Waals surface area contributed by atoms with Crippen LogP contribution in [0.1, 0.15) is 5.56 Å². The Kier molecular flexibility index (Phi) is 5.29. The van der Waals surface area contributed by atoms with Crippen molar-refractivity contribution < 1.29 is 22.6 Å². The van der Waals surface area contributed by atoms with Crippen LogP contribution in [0.4, 0.5) is 13.2 Å². The molecule has 1 aromatic rings. The maximum Gasteiger partial charge on any atom is 0.573 e. The predicted molar refractivity (Wildman–Crippen MR) is 71.9 cm³/mol. The summed E-state index contributed by atoms with van der Waals surface area (Å²) in [5, 5.41) is 0.780. The molecule has 1 aliphatic rings.